The molecule has 1 aliphatic heterocycles. The molecule has 33 heavy (non-hydrogen) atoms. The first-order chi connectivity index (χ1) is 15.9. The second-order valence-corrected chi connectivity index (χ2v) is 10.6. The Bertz CT molecular complexity index is 1340. The number of sulfonamides is 1. The summed E-state index contributed by atoms with van der Waals surface area (Å²) in [5.74, 6) is 2.29. The van der Waals surface area contributed by atoms with Crippen LogP contribution in [0.15, 0.2) is 66.7 Å². The Morgan fingerprint density at radius 3 is 2.64 bits per heavy atom. The first-order valence-electron chi connectivity index (χ1n) is 11.1. The van der Waals surface area contributed by atoms with E-state index in [4.69, 9.17) is 9.47 Å². The SMILES string of the molecule is C/C(=C1/c2ccccc2COc2cc(OCC3CC3)ccc21)c1cccc(NS(C)(=O)=O)c1. The molecule has 0 atom stereocenters. The largest absolute Gasteiger partial charge is 0.493 e. The van der Waals surface area contributed by atoms with Crippen molar-refractivity contribution in [2.75, 3.05) is 17.6 Å². The number of nitrogens with one attached hydrogen (secondary N) is 1. The number of benzene rings is 3. The van der Waals surface area contributed by atoms with Gasteiger partial charge in [0.2, 0.25) is 10.0 Å². The standard InChI is InChI=1S/C27H27NO4S/c1-18(20-7-5-8-22(14-20)28-33(2,29)30)27-24-9-4-3-6-21(24)17-32-26-15-23(12-13-25(26)27)31-16-19-10-11-19/h3-9,12-15,19,28H,10-11,16-17H2,1-2H3/b27-18+. The molecule has 3 aromatic rings. The van der Waals surface area contributed by atoms with Crippen LogP contribution in [0.3, 0.4) is 0 Å². The fourth-order valence-electron chi connectivity index (χ4n) is 4.19. The summed E-state index contributed by atoms with van der Waals surface area (Å²) < 4.78 is 38.3. The maximum Gasteiger partial charge on any atom is 0.229 e. The summed E-state index contributed by atoms with van der Waals surface area (Å²) in [6.07, 6.45) is 3.65. The predicted octanol–water partition coefficient (Wildman–Crippen LogP) is 5.72. The van der Waals surface area contributed by atoms with E-state index in [9.17, 15) is 8.42 Å². The summed E-state index contributed by atoms with van der Waals surface area (Å²) >= 11 is 0. The molecule has 0 spiro atoms. The van der Waals surface area contributed by atoms with E-state index in [1.54, 1.807) is 6.07 Å². The van der Waals surface area contributed by atoms with E-state index >= 15 is 0 Å². The first kappa shape index (κ1) is 21.6. The molecule has 1 N–H and O–H groups in total. The Hall–Kier alpha value is -3.25. The Balaban J connectivity index is 1.62. The number of hydrogen-bond donors (Lipinski definition) is 1. The van der Waals surface area contributed by atoms with Crippen LogP contribution in [-0.4, -0.2) is 21.3 Å². The van der Waals surface area contributed by atoms with Crippen molar-refractivity contribution < 1.29 is 17.9 Å². The summed E-state index contributed by atoms with van der Waals surface area (Å²) in [5.41, 5.74) is 6.81. The average molecular weight is 462 g/mol. The molecule has 0 bridgehead atoms. The van der Waals surface area contributed by atoms with Crippen LogP contribution in [-0.2, 0) is 16.6 Å². The van der Waals surface area contributed by atoms with Gasteiger partial charge in [0, 0.05) is 17.3 Å². The molecule has 0 unspecified atom stereocenters. The predicted molar refractivity (Wildman–Crippen MR) is 132 cm³/mol. The van der Waals surface area contributed by atoms with Crippen LogP contribution in [0.2, 0.25) is 0 Å². The molecule has 1 heterocycles. The summed E-state index contributed by atoms with van der Waals surface area (Å²) in [6.45, 7) is 3.29. The molecule has 0 saturated heterocycles. The molecular formula is C27H27NO4S. The van der Waals surface area contributed by atoms with E-state index in [2.05, 4.69) is 29.8 Å². The minimum absolute atomic E-state index is 0.474. The topological polar surface area (TPSA) is 64.6 Å². The van der Waals surface area contributed by atoms with Crippen molar-refractivity contribution in [3.05, 3.63) is 89.0 Å². The zero-order valence-corrected chi connectivity index (χ0v) is 19.6. The highest BCUT2D eigenvalue weighted by atomic mass is 32.2. The average Bonchev–Trinajstić information content (AvgIpc) is 3.62. The van der Waals surface area contributed by atoms with Crippen LogP contribution in [0, 0.1) is 5.92 Å². The lowest BCUT2D eigenvalue weighted by atomic mass is 9.88. The number of ether oxygens (including phenoxy) is 2. The van der Waals surface area contributed by atoms with Gasteiger partial charge in [-0.15, -0.1) is 0 Å². The highest BCUT2D eigenvalue weighted by Gasteiger charge is 2.24. The van der Waals surface area contributed by atoms with Gasteiger partial charge in [0.15, 0.2) is 0 Å². The molecule has 170 valence electrons. The van der Waals surface area contributed by atoms with Gasteiger partial charge in [-0.05, 0) is 77.8 Å². The molecule has 6 heteroatoms. The molecule has 1 saturated carbocycles. The maximum absolute atomic E-state index is 11.7. The third-order valence-corrected chi connectivity index (χ3v) is 6.66. The van der Waals surface area contributed by atoms with Gasteiger partial charge in [-0.1, -0.05) is 36.4 Å². The monoisotopic (exact) mass is 461 g/mol. The van der Waals surface area contributed by atoms with Gasteiger partial charge in [-0.3, -0.25) is 4.72 Å². The van der Waals surface area contributed by atoms with E-state index in [1.807, 2.05) is 42.5 Å². The van der Waals surface area contributed by atoms with Crippen molar-refractivity contribution in [3.63, 3.8) is 0 Å². The second-order valence-electron chi connectivity index (χ2n) is 8.81. The minimum Gasteiger partial charge on any atom is -0.493 e. The Morgan fingerprint density at radius 2 is 1.85 bits per heavy atom. The van der Waals surface area contributed by atoms with Gasteiger partial charge >= 0.3 is 0 Å². The van der Waals surface area contributed by atoms with Crippen molar-refractivity contribution >= 4 is 26.9 Å². The van der Waals surface area contributed by atoms with E-state index in [0.29, 0.717) is 18.2 Å². The summed E-state index contributed by atoms with van der Waals surface area (Å²) in [5, 5.41) is 0. The maximum atomic E-state index is 11.7. The normalized spacial score (nSPS) is 16.7. The van der Waals surface area contributed by atoms with E-state index < -0.39 is 10.0 Å². The first-order valence-corrected chi connectivity index (χ1v) is 13.0. The van der Waals surface area contributed by atoms with Crippen LogP contribution in [0.5, 0.6) is 11.5 Å². The third kappa shape index (κ3) is 4.91. The van der Waals surface area contributed by atoms with E-state index in [0.717, 1.165) is 57.8 Å². The minimum atomic E-state index is -3.36. The Labute approximate surface area is 195 Å². The smallest absolute Gasteiger partial charge is 0.229 e. The molecule has 3 aromatic carbocycles. The molecule has 2 aliphatic rings. The Morgan fingerprint density at radius 1 is 1.03 bits per heavy atom. The Kier molecular flexibility index (Phi) is 5.62. The fourth-order valence-corrected chi connectivity index (χ4v) is 4.74. The molecule has 5 rings (SSSR count). The highest BCUT2D eigenvalue weighted by Crippen LogP contribution is 2.43. The molecular weight excluding hydrogens is 434 g/mol. The molecule has 0 aromatic heterocycles. The summed E-state index contributed by atoms with van der Waals surface area (Å²) in [4.78, 5) is 0. The molecule has 1 aliphatic carbocycles. The molecule has 1 fully saturated rings. The van der Waals surface area contributed by atoms with Gasteiger partial charge in [0.05, 0.1) is 12.9 Å². The second kappa shape index (κ2) is 8.60. The number of fused-ring (bicyclic) bond motifs is 2. The van der Waals surface area contributed by atoms with Crippen molar-refractivity contribution in [1.29, 1.82) is 0 Å². The lowest BCUT2D eigenvalue weighted by Gasteiger charge is -2.17. The van der Waals surface area contributed by atoms with Crippen LogP contribution in [0.4, 0.5) is 5.69 Å². The van der Waals surface area contributed by atoms with Gasteiger partial charge < -0.3 is 9.47 Å². The van der Waals surface area contributed by atoms with Gasteiger partial charge in [0.1, 0.15) is 18.1 Å². The van der Waals surface area contributed by atoms with Gasteiger partial charge in [-0.2, -0.15) is 0 Å². The molecule has 0 radical (unpaired) electrons. The van der Waals surface area contributed by atoms with E-state index in [1.165, 1.54) is 12.8 Å². The van der Waals surface area contributed by atoms with Crippen LogP contribution >= 0.6 is 0 Å². The van der Waals surface area contributed by atoms with Gasteiger partial charge in [-0.25, -0.2) is 8.42 Å². The summed E-state index contributed by atoms with van der Waals surface area (Å²) in [7, 11) is -3.36. The van der Waals surface area contributed by atoms with Crippen molar-refractivity contribution in [1.82, 2.24) is 0 Å². The highest BCUT2D eigenvalue weighted by molar-refractivity contribution is 7.92. The zero-order chi connectivity index (χ0) is 23.0. The number of allylic oxidation sites excluding steroid dienone is 1. The van der Waals surface area contributed by atoms with Crippen molar-refractivity contribution in [3.8, 4) is 11.5 Å². The summed E-state index contributed by atoms with van der Waals surface area (Å²) in [6, 6.07) is 21.8. The quantitative estimate of drug-likeness (QED) is 0.510. The number of anilines is 1. The van der Waals surface area contributed by atoms with Crippen molar-refractivity contribution in [2.45, 2.75) is 26.4 Å². The van der Waals surface area contributed by atoms with E-state index in [-0.39, 0.29) is 0 Å². The fraction of sp³-hybridized carbons (Fsp3) is 0.259. The zero-order valence-electron chi connectivity index (χ0n) is 18.8. The number of hydrogen-bond acceptors (Lipinski definition) is 4. The van der Waals surface area contributed by atoms with Crippen LogP contribution in [0.25, 0.3) is 11.1 Å². The lowest BCUT2D eigenvalue weighted by Crippen LogP contribution is -2.09. The van der Waals surface area contributed by atoms with Gasteiger partial charge in [0.25, 0.3) is 0 Å². The van der Waals surface area contributed by atoms with Crippen LogP contribution in [0.1, 0.15) is 42.0 Å². The molecule has 0 amide bonds. The third-order valence-electron chi connectivity index (χ3n) is 6.05. The lowest BCUT2D eigenvalue weighted by molar-refractivity contribution is 0.287. The van der Waals surface area contributed by atoms with Crippen molar-refractivity contribution in [2.24, 2.45) is 5.92 Å². The number of rotatable bonds is 6. The van der Waals surface area contributed by atoms with Crippen LogP contribution < -0.4 is 14.2 Å². The molecule has 5 nitrogen and oxygen atoms in total.